The topological polar surface area (TPSA) is 131 Å². The van der Waals surface area contributed by atoms with Gasteiger partial charge in [-0.05, 0) is 51.2 Å². The van der Waals surface area contributed by atoms with E-state index in [1.807, 2.05) is 48.5 Å². The van der Waals surface area contributed by atoms with Crippen LogP contribution in [0.2, 0.25) is 0 Å². The number of cyclic esters (lactones) is 1. The van der Waals surface area contributed by atoms with E-state index in [-0.39, 0.29) is 50.6 Å². The van der Waals surface area contributed by atoms with Crippen molar-refractivity contribution in [2.75, 3.05) is 13.2 Å². The summed E-state index contributed by atoms with van der Waals surface area (Å²) in [5.74, 6) is -3.21. The molecule has 9 nitrogen and oxygen atoms in total. The zero-order chi connectivity index (χ0) is 30.5. The summed E-state index contributed by atoms with van der Waals surface area (Å²) in [6.07, 6.45) is 3.39. The molecule has 226 valence electrons. The zero-order valence-corrected chi connectivity index (χ0v) is 24.6. The van der Waals surface area contributed by atoms with E-state index in [0.29, 0.717) is 12.0 Å². The number of esters is 2. The Bertz CT molecular complexity index is 1210. The Hall–Kier alpha value is -3.98. The molecule has 9 heteroatoms. The van der Waals surface area contributed by atoms with Gasteiger partial charge in [-0.25, -0.2) is 0 Å². The van der Waals surface area contributed by atoms with Crippen LogP contribution in [-0.4, -0.2) is 53.7 Å². The number of rotatable bonds is 9. The lowest BCUT2D eigenvalue weighted by molar-refractivity contribution is -0.164. The second-order valence-corrected chi connectivity index (χ2v) is 11.5. The van der Waals surface area contributed by atoms with Crippen LogP contribution in [0.25, 0.3) is 0 Å². The molecule has 0 bridgehead atoms. The Kier molecular flexibility index (Phi) is 12.3. The molecule has 1 aliphatic rings. The molecule has 1 heterocycles. The molecule has 2 amide bonds. The largest absolute Gasteiger partial charge is 0.460 e. The Morgan fingerprint density at radius 1 is 0.976 bits per heavy atom. The van der Waals surface area contributed by atoms with Gasteiger partial charge < -0.3 is 25.2 Å². The van der Waals surface area contributed by atoms with E-state index in [2.05, 4.69) is 10.6 Å². The normalized spacial score (nSPS) is 21.5. The number of nitrogens with one attached hydrogen (secondary N) is 2. The van der Waals surface area contributed by atoms with Crippen LogP contribution in [0.5, 0.6) is 0 Å². The van der Waals surface area contributed by atoms with E-state index in [1.165, 1.54) is 0 Å². The third-order valence-electron chi connectivity index (χ3n) is 6.78. The Balaban J connectivity index is 1.75. The summed E-state index contributed by atoms with van der Waals surface area (Å²) >= 11 is 0. The SMILES string of the molecule is CC(C)(C)OC(=O)C[C@H]1C/C=C\C[C@@H](CC(=O)N[C@H](CO)Cc2ccccc2)C(=O)NC[C@H](c2ccccc2)OC1=O. The van der Waals surface area contributed by atoms with Gasteiger partial charge >= 0.3 is 11.9 Å². The van der Waals surface area contributed by atoms with Crippen molar-refractivity contribution in [3.8, 4) is 0 Å². The predicted octanol–water partition coefficient (Wildman–Crippen LogP) is 3.81. The van der Waals surface area contributed by atoms with E-state index in [1.54, 1.807) is 45.1 Å². The summed E-state index contributed by atoms with van der Waals surface area (Å²) < 4.78 is 11.3. The molecule has 0 unspecified atom stereocenters. The number of carbonyl (C=O) groups excluding carboxylic acids is 4. The molecule has 42 heavy (non-hydrogen) atoms. The molecule has 4 atom stereocenters. The first-order chi connectivity index (χ1) is 20.0. The zero-order valence-electron chi connectivity index (χ0n) is 24.6. The molecule has 0 saturated heterocycles. The van der Waals surface area contributed by atoms with Crippen LogP contribution in [0.4, 0.5) is 0 Å². The number of hydrogen-bond acceptors (Lipinski definition) is 7. The molecule has 0 saturated carbocycles. The predicted molar refractivity (Wildman–Crippen MR) is 158 cm³/mol. The maximum absolute atomic E-state index is 13.2. The van der Waals surface area contributed by atoms with E-state index in [9.17, 15) is 24.3 Å². The molecule has 0 aromatic heterocycles. The van der Waals surface area contributed by atoms with Gasteiger partial charge in [0.1, 0.15) is 11.7 Å². The standard InChI is InChI=1S/C33H42N2O7/c1-33(2,3)42-30(38)20-26-17-11-10-16-25(19-29(37)35-27(22-36)18-23-12-6-4-7-13-23)31(39)34-21-28(41-32(26)40)24-14-8-5-9-15-24/h4-15,25-28,36H,16-22H2,1-3H3,(H,34,39)(H,35,37)/b11-10-/t25-,26+,27-,28+/m0/s1. The molecule has 1 aliphatic heterocycles. The number of benzene rings is 2. The minimum atomic E-state index is -0.786. The van der Waals surface area contributed by atoms with Crippen molar-refractivity contribution in [3.05, 3.63) is 83.9 Å². The minimum Gasteiger partial charge on any atom is -0.460 e. The first-order valence-corrected chi connectivity index (χ1v) is 14.4. The first kappa shape index (κ1) is 32.5. The van der Waals surface area contributed by atoms with Crippen molar-refractivity contribution < 1.29 is 33.8 Å². The number of carbonyl (C=O) groups is 4. The molecule has 3 N–H and O–H groups in total. The van der Waals surface area contributed by atoms with Crippen molar-refractivity contribution in [2.24, 2.45) is 11.8 Å². The van der Waals surface area contributed by atoms with Crippen LogP contribution in [0.1, 0.15) is 63.7 Å². The van der Waals surface area contributed by atoms with Gasteiger partial charge in [-0.15, -0.1) is 0 Å². The second-order valence-electron chi connectivity index (χ2n) is 11.5. The lowest BCUT2D eigenvalue weighted by Gasteiger charge is -2.25. The van der Waals surface area contributed by atoms with Gasteiger partial charge in [0.25, 0.3) is 0 Å². The summed E-state index contributed by atoms with van der Waals surface area (Å²) in [6, 6.07) is 18.1. The molecular weight excluding hydrogens is 536 g/mol. The third-order valence-corrected chi connectivity index (χ3v) is 6.78. The quantitative estimate of drug-likeness (QED) is 0.305. The Labute approximate surface area is 247 Å². The molecular formula is C33H42N2O7. The highest BCUT2D eigenvalue weighted by molar-refractivity contribution is 5.86. The van der Waals surface area contributed by atoms with Crippen LogP contribution in [0.3, 0.4) is 0 Å². The van der Waals surface area contributed by atoms with E-state index in [4.69, 9.17) is 9.47 Å². The van der Waals surface area contributed by atoms with Crippen LogP contribution in [0.15, 0.2) is 72.8 Å². The van der Waals surface area contributed by atoms with Gasteiger partial charge in [-0.2, -0.15) is 0 Å². The highest BCUT2D eigenvalue weighted by atomic mass is 16.6. The molecule has 2 aromatic rings. The Morgan fingerprint density at radius 2 is 1.60 bits per heavy atom. The average Bonchev–Trinajstić information content (AvgIpc) is 2.95. The molecule has 0 fully saturated rings. The Morgan fingerprint density at radius 3 is 2.21 bits per heavy atom. The first-order valence-electron chi connectivity index (χ1n) is 14.4. The summed E-state index contributed by atoms with van der Waals surface area (Å²) in [6.45, 7) is 5.06. The van der Waals surface area contributed by atoms with Crippen LogP contribution >= 0.6 is 0 Å². The van der Waals surface area contributed by atoms with Crippen molar-refractivity contribution >= 4 is 23.8 Å². The molecule has 2 aromatic carbocycles. The van der Waals surface area contributed by atoms with Gasteiger partial charge in [0.05, 0.1) is 37.5 Å². The maximum Gasteiger partial charge on any atom is 0.310 e. The maximum atomic E-state index is 13.2. The van der Waals surface area contributed by atoms with Crippen molar-refractivity contribution in [2.45, 2.75) is 70.6 Å². The molecule has 0 spiro atoms. The number of amides is 2. The molecule has 0 aliphatic carbocycles. The highest BCUT2D eigenvalue weighted by Gasteiger charge is 2.30. The fourth-order valence-electron chi connectivity index (χ4n) is 4.69. The number of aliphatic hydroxyl groups is 1. The summed E-state index contributed by atoms with van der Waals surface area (Å²) in [7, 11) is 0. The fourth-order valence-corrected chi connectivity index (χ4v) is 4.69. The second kappa shape index (κ2) is 15.9. The lowest BCUT2D eigenvalue weighted by atomic mass is 9.96. The monoisotopic (exact) mass is 578 g/mol. The van der Waals surface area contributed by atoms with Crippen LogP contribution < -0.4 is 10.6 Å². The van der Waals surface area contributed by atoms with E-state index in [0.717, 1.165) is 5.56 Å². The molecule has 0 radical (unpaired) electrons. The highest BCUT2D eigenvalue weighted by Crippen LogP contribution is 2.24. The average molecular weight is 579 g/mol. The van der Waals surface area contributed by atoms with E-state index >= 15 is 0 Å². The van der Waals surface area contributed by atoms with Gasteiger partial charge in [0.2, 0.25) is 11.8 Å². The van der Waals surface area contributed by atoms with Crippen LogP contribution in [-0.2, 0) is 35.1 Å². The van der Waals surface area contributed by atoms with Crippen molar-refractivity contribution in [3.63, 3.8) is 0 Å². The van der Waals surface area contributed by atoms with Gasteiger partial charge in [-0.1, -0.05) is 72.8 Å². The molecule has 3 rings (SSSR count). The van der Waals surface area contributed by atoms with Gasteiger partial charge in [-0.3, -0.25) is 19.2 Å². The van der Waals surface area contributed by atoms with Crippen LogP contribution in [0, 0.1) is 11.8 Å². The third kappa shape index (κ3) is 11.1. The number of hydrogen-bond donors (Lipinski definition) is 3. The number of ether oxygens (including phenoxy) is 2. The van der Waals surface area contributed by atoms with Gasteiger partial charge in [0, 0.05) is 6.42 Å². The van der Waals surface area contributed by atoms with Crippen molar-refractivity contribution in [1.82, 2.24) is 10.6 Å². The fraction of sp³-hybridized carbons (Fsp3) is 0.455. The smallest absolute Gasteiger partial charge is 0.310 e. The van der Waals surface area contributed by atoms with Crippen molar-refractivity contribution in [1.29, 1.82) is 0 Å². The summed E-state index contributed by atoms with van der Waals surface area (Å²) in [5, 5.41) is 15.5. The lowest BCUT2D eigenvalue weighted by Crippen LogP contribution is -2.42. The van der Waals surface area contributed by atoms with E-state index < -0.39 is 41.5 Å². The summed E-state index contributed by atoms with van der Waals surface area (Å²) in [5.41, 5.74) is 0.977. The number of allylic oxidation sites excluding steroid dienone is 2. The minimum absolute atomic E-state index is 0.00283. The summed E-state index contributed by atoms with van der Waals surface area (Å²) in [4.78, 5) is 52.0. The van der Waals surface area contributed by atoms with Gasteiger partial charge in [0.15, 0.2) is 0 Å². The number of aliphatic hydroxyl groups excluding tert-OH is 1.